The second-order valence-electron chi connectivity index (χ2n) is 36.1. The lowest BCUT2D eigenvalue weighted by atomic mass is 10.0. The van der Waals surface area contributed by atoms with Crippen LogP contribution in [-0.2, 0) is 94.1 Å². The Kier molecular flexibility index (Phi) is 25.9. The van der Waals surface area contributed by atoms with Gasteiger partial charge in [-0.2, -0.15) is 40.0 Å². The molecule has 16 bridgehead atoms. The number of aromatic amines is 4. The average Bonchev–Trinajstić information content (AvgIpc) is 1.61. The van der Waals surface area contributed by atoms with Crippen molar-refractivity contribution in [2.75, 3.05) is 81.8 Å². The summed E-state index contributed by atoms with van der Waals surface area (Å²) >= 11 is 0. The molecule has 2 fully saturated rings. The van der Waals surface area contributed by atoms with Crippen LogP contribution in [0.2, 0.25) is 0 Å². The molecule has 0 saturated carbocycles. The number of nitrogens with zero attached hydrogens (tertiary/aromatic N) is 26. The molecule has 700 valence electrons. The Balaban J connectivity index is 0.000000116. The van der Waals surface area contributed by atoms with Gasteiger partial charge in [0.15, 0.2) is 0 Å². The van der Waals surface area contributed by atoms with Crippen LogP contribution in [0.4, 0.5) is 11.6 Å². The third-order valence-electron chi connectivity index (χ3n) is 26.8. The van der Waals surface area contributed by atoms with Gasteiger partial charge in [0.2, 0.25) is 23.6 Å². The number of aryl methyl sites for hydroxylation is 8. The second-order valence-corrected chi connectivity index (χ2v) is 36.1. The predicted octanol–water partition coefficient (Wildman–Crippen LogP) is 13.6. The normalized spacial score (nSPS) is 15.9. The molecular formula is C98H112N32O6. The molecule has 22 rings (SSSR count). The lowest BCUT2D eigenvalue weighted by Crippen LogP contribution is -2.30. The van der Waals surface area contributed by atoms with Crippen molar-refractivity contribution in [3.8, 4) is 89.0 Å². The zero-order chi connectivity index (χ0) is 94.1. The van der Waals surface area contributed by atoms with Crippen molar-refractivity contribution in [2.45, 2.75) is 182 Å². The van der Waals surface area contributed by atoms with Crippen molar-refractivity contribution < 1.29 is 28.7 Å². The molecule has 0 atom stereocenters. The minimum absolute atomic E-state index is 0.0285. The predicted molar refractivity (Wildman–Crippen MR) is 514 cm³/mol. The number of methoxy groups -OCH3 is 2. The first-order chi connectivity index (χ1) is 66.1. The highest BCUT2D eigenvalue weighted by Crippen LogP contribution is 2.44. The van der Waals surface area contributed by atoms with Gasteiger partial charge in [0.1, 0.15) is 46.6 Å². The minimum Gasteiger partial charge on any atom is -0.383 e. The van der Waals surface area contributed by atoms with Gasteiger partial charge in [0, 0.05) is 293 Å². The number of aromatic nitrogens is 24. The molecule has 16 aromatic heterocycles. The van der Waals surface area contributed by atoms with Gasteiger partial charge in [-0.3, -0.25) is 47.3 Å². The molecule has 136 heavy (non-hydrogen) atoms. The summed E-state index contributed by atoms with van der Waals surface area (Å²) in [6.45, 7) is 34.2. The van der Waals surface area contributed by atoms with E-state index in [1.807, 2.05) is 139 Å². The Hall–Kier alpha value is -14.9. The molecular weight excluding hydrogens is 1720 g/mol. The standard InChI is InChI=1S/C26H29N9O.C25H30N8O.C24H26N8O2.C23H27N7O2/c1-16-21-14-34(31-16)10-4-5-23(36)33(3)15-22-24(17-11-19-20(21)13-30-25(19)29-12-17)26(27-2)35(32-22)18-6-8-28-9-7-18;1-16-21-13-32(29-16)9-3-4-24(34)31(2)15-23-22(14-33(30-23)18-5-7-26-8-6-18)17-10-19-20(21)12-28-25(19)27-11-17;1-15-19-13-31(28-15)7-5-6-21(33)30(3)14-20-22(24(25-2)32(29-20)8-9-34-4)16-10-17-18(19)12-27-23(17)26-11-16;1-15-19-12-29(26-15)6-4-5-22(31)28(2)14-21-20(13-30(27-21)7-8-32-3)16-9-17-18(19)11-25-23(17)24-10-16/h11-14,18,28H,4-10,15H2,1,3H3,(H,29,30);10-14,18,26H,3-9,15H2,1-2H3,(H,27,28);10-13H,5-9,14H2,1,3-4H3,(H,26,27);9-13H,4-8,14H2,1-3H3,(H,24,25). The highest BCUT2D eigenvalue weighted by Gasteiger charge is 2.33. The maximum absolute atomic E-state index is 13.0. The van der Waals surface area contributed by atoms with Gasteiger partial charge >= 0.3 is 0 Å². The molecule has 16 aromatic rings. The van der Waals surface area contributed by atoms with E-state index in [9.17, 15) is 19.2 Å². The molecule has 38 nitrogen and oxygen atoms in total. The molecule has 6 aliphatic rings. The summed E-state index contributed by atoms with van der Waals surface area (Å²) in [7, 11) is 10.6. The van der Waals surface area contributed by atoms with Gasteiger partial charge in [-0.25, -0.2) is 19.9 Å². The van der Waals surface area contributed by atoms with Gasteiger partial charge in [-0.05, 0) is 128 Å². The number of piperidine rings is 2. The fraction of sp³-hybridized carbons (Fsp3) is 0.408. The largest absolute Gasteiger partial charge is 0.383 e. The quantitative estimate of drug-likeness (QED) is 0.0769. The van der Waals surface area contributed by atoms with Gasteiger partial charge in [-0.15, -0.1) is 10.2 Å². The van der Waals surface area contributed by atoms with Crippen molar-refractivity contribution >= 4 is 79.4 Å². The van der Waals surface area contributed by atoms with Crippen LogP contribution < -0.4 is 10.6 Å². The molecule has 22 heterocycles. The zero-order valence-electron chi connectivity index (χ0n) is 78.4. The van der Waals surface area contributed by atoms with Crippen molar-refractivity contribution in [3.63, 3.8) is 0 Å². The maximum Gasteiger partial charge on any atom is 0.260 e. The van der Waals surface area contributed by atoms with Crippen molar-refractivity contribution in [1.29, 1.82) is 0 Å². The Labute approximate surface area is 784 Å². The van der Waals surface area contributed by atoms with Crippen LogP contribution >= 0.6 is 0 Å². The number of carbonyl (C=O) groups excluding carboxylic acids is 4. The lowest BCUT2D eigenvalue weighted by molar-refractivity contribution is -0.131. The van der Waals surface area contributed by atoms with Crippen LogP contribution in [0.25, 0.3) is 143 Å². The summed E-state index contributed by atoms with van der Waals surface area (Å²) in [5.41, 5.74) is 25.8. The Morgan fingerprint density at radius 1 is 0.382 bits per heavy atom. The summed E-state index contributed by atoms with van der Waals surface area (Å²) in [4.78, 5) is 98.2. The molecule has 6 N–H and O–H groups in total. The van der Waals surface area contributed by atoms with E-state index in [1.54, 1.807) is 57.9 Å². The number of nitrogens with one attached hydrogen (secondary N) is 6. The summed E-state index contributed by atoms with van der Waals surface area (Å²) in [5.74, 6) is 1.24. The third-order valence-corrected chi connectivity index (χ3v) is 26.8. The first kappa shape index (κ1) is 90.3. The van der Waals surface area contributed by atoms with Gasteiger partial charge in [0.05, 0.1) is 86.1 Å². The highest BCUT2D eigenvalue weighted by molar-refractivity contribution is 6.01. The monoisotopic (exact) mass is 1830 g/mol. The lowest BCUT2D eigenvalue weighted by Gasteiger charge is -2.23. The number of rotatable bonds is 8. The van der Waals surface area contributed by atoms with Crippen LogP contribution in [-0.4, -0.2) is 243 Å². The number of fused-ring (bicyclic) bond motifs is 24. The number of H-pyrrole nitrogens is 4. The number of pyridine rings is 4. The number of hydrogen-bond acceptors (Lipinski definition) is 20. The molecule has 0 spiro atoms. The van der Waals surface area contributed by atoms with E-state index < -0.39 is 0 Å². The Morgan fingerprint density at radius 2 is 0.728 bits per heavy atom. The van der Waals surface area contributed by atoms with Gasteiger partial charge in [-0.1, -0.05) is 13.1 Å². The summed E-state index contributed by atoms with van der Waals surface area (Å²) < 4.78 is 25.7. The van der Waals surface area contributed by atoms with Crippen molar-refractivity contribution in [1.82, 2.24) is 148 Å². The number of ether oxygens (including phenoxy) is 2. The van der Waals surface area contributed by atoms with Gasteiger partial charge in [0.25, 0.3) is 11.6 Å². The minimum atomic E-state index is 0.0285. The second kappa shape index (κ2) is 39.0. The summed E-state index contributed by atoms with van der Waals surface area (Å²) in [6, 6.07) is 9.00. The molecule has 4 amide bonds. The van der Waals surface area contributed by atoms with Crippen LogP contribution in [0.1, 0.15) is 135 Å². The fourth-order valence-corrected chi connectivity index (χ4v) is 19.5. The van der Waals surface area contributed by atoms with Crippen LogP contribution in [0, 0.1) is 40.8 Å². The van der Waals surface area contributed by atoms with E-state index in [1.165, 1.54) is 0 Å². The maximum atomic E-state index is 13.0. The Bertz CT molecular complexity index is 7260. The average molecular weight is 1830 g/mol. The smallest absolute Gasteiger partial charge is 0.260 e. The summed E-state index contributed by atoms with van der Waals surface area (Å²) in [5, 5.41) is 49.0. The van der Waals surface area contributed by atoms with Gasteiger partial charge < -0.3 is 69.3 Å². The van der Waals surface area contributed by atoms with E-state index in [2.05, 4.69) is 107 Å². The van der Waals surface area contributed by atoms with E-state index in [0.717, 1.165) is 232 Å². The Morgan fingerprint density at radius 3 is 1.12 bits per heavy atom. The van der Waals surface area contributed by atoms with E-state index >= 15 is 0 Å². The molecule has 2 saturated heterocycles. The number of hydrogen-bond donors (Lipinski definition) is 6. The highest BCUT2D eigenvalue weighted by atomic mass is 16.5. The van der Waals surface area contributed by atoms with E-state index in [-0.39, 0.29) is 29.7 Å². The topological polar surface area (TPSA) is 390 Å². The number of carbonyl (C=O) groups is 4. The first-order valence-corrected chi connectivity index (χ1v) is 46.7. The SMILES string of the molecule is COCCn1cc2c(n1)CN(C)C(=O)CCCn1cc(c(C)n1)-c1c[nH]c3ncc-2cc13.Cc1nn2cc1-c1c[nH]c3ncc(cc13)-c1cn(C3CCNCC3)nc1CN(C)C(=O)CCC2.[C-]#[N+]c1c2c(nn1C1CCNCC1)CN(C)C(=O)CCCn1cc(c(C)n1)-c1c[nH]c3ncc-2cc13.[C-]#[N+]c1c2c(nn1CCOC)CN(C)C(=O)CCCn1cc(c(C)n1)-c1c[nH]c3ncc-2cc13. The third kappa shape index (κ3) is 18.3. The molecule has 0 aliphatic carbocycles. The molecule has 0 aromatic carbocycles. The van der Waals surface area contributed by atoms with E-state index in [4.69, 9.17) is 58.1 Å². The molecule has 0 unspecified atom stereocenters. The molecule has 6 aliphatic heterocycles. The summed E-state index contributed by atoms with van der Waals surface area (Å²) in [6.07, 6.45) is 36.2. The molecule has 38 heteroatoms. The zero-order valence-corrected chi connectivity index (χ0v) is 78.4. The fourth-order valence-electron chi connectivity index (χ4n) is 19.5. The van der Waals surface area contributed by atoms with Crippen LogP contribution in [0.15, 0.2) is 111 Å². The number of amides is 4. The van der Waals surface area contributed by atoms with E-state index in [0.29, 0.717) is 146 Å². The van der Waals surface area contributed by atoms with Crippen LogP contribution in [0.5, 0.6) is 0 Å². The van der Waals surface area contributed by atoms with Crippen molar-refractivity contribution in [2.24, 2.45) is 0 Å². The first-order valence-electron chi connectivity index (χ1n) is 46.7. The molecule has 0 radical (unpaired) electrons. The van der Waals surface area contributed by atoms with Crippen LogP contribution in [0.3, 0.4) is 0 Å². The van der Waals surface area contributed by atoms with Crippen molar-refractivity contribution in [3.05, 3.63) is 179 Å².